The molecule has 0 aromatic heterocycles. The van der Waals surface area contributed by atoms with Crippen molar-refractivity contribution in [2.45, 2.75) is 38.6 Å². The van der Waals surface area contributed by atoms with Gasteiger partial charge >= 0.3 is 0 Å². The molecule has 0 aliphatic carbocycles. The summed E-state index contributed by atoms with van der Waals surface area (Å²) in [6.45, 7) is 4.58. The molecule has 0 spiro atoms. The summed E-state index contributed by atoms with van der Waals surface area (Å²) in [7, 11) is 0. The van der Waals surface area contributed by atoms with Crippen molar-refractivity contribution in [3.8, 4) is 11.8 Å². The van der Waals surface area contributed by atoms with Crippen LogP contribution >= 0.6 is 0 Å². The summed E-state index contributed by atoms with van der Waals surface area (Å²) in [6.07, 6.45) is 6.47. The lowest BCUT2D eigenvalue weighted by molar-refractivity contribution is -0.554. The quantitative estimate of drug-likeness (QED) is 0.193. The van der Waals surface area contributed by atoms with E-state index in [-0.39, 0.29) is 0 Å². The largest absolute Gasteiger partial charge is 0.266 e. The average Bonchev–Trinajstić information content (AvgIpc) is 3.15. The van der Waals surface area contributed by atoms with E-state index in [0.29, 0.717) is 0 Å². The average molecular weight is 444 g/mol. The summed E-state index contributed by atoms with van der Waals surface area (Å²) in [4.78, 5) is 2.67. The lowest BCUT2D eigenvalue weighted by Crippen LogP contribution is -2.43. The van der Waals surface area contributed by atoms with Gasteiger partial charge in [-0.3, -0.25) is 9.48 Å². The zero-order chi connectivity index (χ0) is 22.7. The van der Waals surface area contributed by atoms with Crippen LogP contribution in [0.4, 0.5) is 0 Å². The van der Waals surface area contributed by atoms with E-state index in [1.165, 1.54) is 72.3 Å². The Morgan fingerprint density at radius 1 is 0.647 bits per heavy atom. The highest BCUT2D eigenvalue weighted by Gasteiger charge is 2.29. The van der Waals surface area contributed by atoms with E-state index >= 15 is 0 Å². The first-order valence-electron chi connectivity index (χ1n) is 12.7. The molecule has 1 saturated heterocycles. The van der Waals surface area contributed by atoms with E-state index in [1.807, 2.05) is 6.07 Å². The Bertz CT molecular complexity index is 1380. The Morgan fingerprint density at radius 2 is 1.29 bits per heavy atom. The van der Waals surface area contributed by atoms with Crippen LogP contribution in [0.25, 0.3) is 21.5 Å². The molecule has 0 saturated carbocycles. The van der Waals surface area contributed by atoms with Gasteiger partial charge in [0, 0.05) is 29.5 Å². The van der Waals surface area contributed by atoms with Gasteiger partial charge in [-0.2, -0.15) is 0 Å². The number of rotatable bonds is 2. The maximum atomic E-state index is 3.55. The SMILES string of the molecule is C(#Cc1c2ccccc2c(C[N+]2=C3CCCCCN3CCC2)c2ccccc12)c1ccccc1. The van der Waals surface area contributed by atoms with Crippen molar-refractivity contribution >= 4 is 27.4 Å². The minimum absolute atomic E-state index is 0.971. The third-order valence-electron chi connectivity index (χ3n) is 7.41. The van der Waals surface area contributed by atoms with Gasteiger partial charge in [-0.25, -0.2) is 0 Å². The fraction of sp³-hybridized carbons (Fsp3) is 0.281. The maximum Gasteiger partial charge on any atom is 0.247 e. The lowest BCUT2D eigenvalue weighted by atomic mass is 9.91. The molecule has 0 amide bonds. The first-order valence-corrected chi connectivity index (χ1v) is 12.7. The Kier molecular flexibility index (Phi) is 5.78. The number of benzene rings is 4. The number of hydrogen-bond acceptors (Lipinski definition) is 1. The highest BCUT2D eigenvalue weighted by atomic mass is 15.3. The molecule has 0 radical (unpaired) electrons. The summed E-state index contributed by atoms with van der Waals surface area (Å²) >= 11 is 0. The third-order valence-corrected chi connectivity index (χ3v) is 7.41. The van der Waals surface area contributed by atoms with E-state index < -0.39 is 0 Å². The molecule has 168 valence electrons. The van der Waals surface area contributed by atoms with Crippen LogP contribution in [0.15, 0.2) is 78.9 Å². The predicted molar refractivity (Wildman–Crippen MR) is 142 cm³/mol. The summed E-state index contributed by atoms with van der Waals surface area (Å²) < 4.78 is 2.68. The van der Waals surface area contributed by atoms with Crippen LogP contribution < -0.4 is 0 Å². The number of fused-ring (bicyclic) bond motifs is 3. The second-order valence-electron chi connectivity index (χ2n) is 9.55. The van der Waals surface area contributed by atoms with Gasteiger partial charge < -0.3 is 0 Å². The van der Waals surface area contributed by atoms with E-state index in [2.05, 4.69) is 94.1 Å². The Hall–Kier alpha value is -3.57. The third kappa shape index (κ3) is 3.97. The van der Waals surface area contributed by atoms with Crippen molar-refractivity contribution in [3.05, 3.63) is 95.6 Å². The molecule has 2 heterocycles. The number of amidine groups is 1. The molecule has 4 aromatic carbocycles. The second kappa shape index (κ2) is 9.35. The van der Waals surface area contributed by atoms with Crippen LogP contribution in [0.5, 0.6) is 0 Å². The molecule has 2 nitrogen and oxygen atoms in total. The lowest BCUT2D eigenvalue weighted by Gasteiger charge is -2.26. The monoisotopic (exact) mass is 443 g/mol. The van der Waals surface area contributed by atoms with Gasteiger partial charge in [0.1, 0.15) is 6.54 Å². The Balaban J connectivity index is 1.54. The molecule has 0 bridgehead atoms. The van der Waals surface area contributed by atoms with Crippen molar-refractivity contribution in [2.24, 2.45) is 0 Å². The van der Waals surface area contributed by atoms with Gasteiger partial charge in [0.15, 0.2) is 0 Å². The highest BCUT2D eigenvalue weighted by molar-refractivity contribution is 6.07. The van der Waals surface area contributed by atoms with Gasteiger partial charge in [-0.15, -0.1) is 0 Å². The fourth-order valence-electron chi connectivity index (χ4n) is 5.77. The van der Waals surface area contributed by atoms with Crippen molar-refractivity contribution in [1.82, 2.24) is 4.90 Å². The second-order valence-corrected chi connectivity index (χ2v) is 9.55. The summed E-state index contributed by atoms with van der Waals surface area (Å²) in [6, 6.07) is 28.1. The zero-order valence-electron chi connectivity index (χ0n) is 19.8. The molecule has 1 fully saturated rings. The number of nitrogens with zero attached hydrogens (tertiary/aromatic N) is 2. The molecule has 0 unspecified atom stereocenters. The zero-order valence-corrected chi connectivity index (χ0v) is 19.8. The fourth-order valence-corrected chi connectivity index (χ4v) is 5.77. The highest BCUT2D eigenvalue weighted by Crippen LogP contribution is 2.33. The van der Waals surface area contributed by atoms with Crippen LogP contribution in [-0.4, -0.2) is 34.9 Å². The molecular formula is C32H31N2+. The molecule has 0 N–H and O–H groups in total. The summed E-state index contributed by atoms with van der Waals surface area (Å²) in [5, 5.41) is 5.20. The van der Waals surface area contributed by atoms with Gasteiger partial charge in [0.25, 0.3) is 0 Å². The summed E-state index contributed by atoms with van der Waals surface area (Å²) in [5.41, 5.74) is 3.63. The first-order chi connectivity index (χ1) is 16.9. The van der Waals surface area contributed by atoms with E-state index in [4.69, 9.17) is 0 Å². The van der Waals surface area contributed by atoms with Gasteiger partial charge in [0.2, 0.25) is 5.84 Å². The molecular weight excluding hydrogens is 412 g/mol. The van der Waals surface area contributed by atoms with E-state index in [0.717, 1.165) is 24.2 Å². The van der Waals surface area contributed by atoms with E-state index in [1.54, 1.807) is 5.84 Å². The topological polar surface area (TPSA) is 6.25 Å². The van der Waals surface area contributed by atoms with Crippen LogP contribution in [0, 0.1) is 11.8 Å². The van der Waals surface area contributed by atoms with Crippen molar-refractivity contribution in [1.29, 1.82) is 0 Å². The van der Waals surface area contributed by atoms with Crippen LogP contribution in [0.2, 0.25) is 0 Å². The molecule has 6 rings (SSSR count). The molecule has 4 aromatic rings. The molecule has 2 heteroatoms. The van der Waals surface area contributed by atoms with Crippen molar-refractivity contribution in [2.75, 3.05) is 19.6 Å². The Morgan fingerprint density at radius 3 is 2.03 bits per heavy atom. The van der Waals surface area contributed by atoms with Crippen LogP contribution in [0.3, 0.4) is 0 Å². The van der Waals surface area contributed by atoms with Crippen LogP contribution in [-0.2, 0) is 6.54 Å². The molecule has 2 aliphatic heterocycles. The van der Waals surface area contributed by atoms with Crippen molar-refractivity contribution in [3.63, 3.8) is 0 Å². The minimum Gasteiger partial charge on any atom is -0.266 e. The smallest absolute Gasteiger partial charge is 0.247 e. The molecule has 34 heavy (non-hydrogen) atoms. The normalized spacial score (nSPS) is 16.2. The van der Waals surface area contributed by atoms with E-state index in [9.17, 15) is 0 Å². The standard InChI is InChI=1S/C32H31N2/c1-3-12-25(13-4-1)19-20-30-26-14-6-8-16-28(26)31(29-17-9-7-15-27(29)30)24-34-23-11-22-33-21-10-2-5-18-32(33)34/h1,3-4,6-9,12-17H,2,5,10-11,18,21-24H2/q+1. The first kappa shape index (κ1) is 21.0. The Labute approximate surface area is 202 Å². The maximum absolute atomic E-state index is 3.55. The predicted octanol–water partition coefficient (Wildman–Crippen LogP) is 6.58. The number of hydrogen-bond donors (Lipinski definition) is 0. The molecule has 0 atom stereocenters. The van der Waals surface area contributed by atoms with Gasteiger partial charge in [-0.1, -0.05) is 78.6 Å². The minimum atomic E-state index is 0.971. The molecule has 2 aliphatic rings. The van der Waals surface area contributed by atoms with Crippen LogP contribution in [0.1, 0.15) is 48.8 Å². The van der Waals surface area contributed by atoms with Gasteiger partial charge in [0.05, 0.1) is 19.6 Å². The van der Waals surface area contributed by atoms with Crippen molar-refractivity contribution < 1.29 is 4.58 Å². The summed E-state index contributed by atoms with van der Waals surface area (Å²) in [5.74, 6) is 8.55. The van der Waals surface area contributed by atoms with Gasteiger partial charge in [-0.05, 0) is 52.9 Å².